The van der Waals surface area contributed by atoms with E-state index in [0.717, 1.165) is 16.9 Å². The van der Waals surface area contributed by atoms with Crippen LogP contribution in [0.1, 0.15) is 15.9 Å². The smallest absolute Gasteiger partial charge is 0.259 e. The number of anilines is 3. The minimum atomic E-state index is -0.108. The minimum absolute atomic E-state index is 0.108. The standard InChI is InChI=1S/C20H18ClN3O/c1-14-8-10-16(12-18(14)21)23-19-11-9-15(13-22-19)20(25)24(2)17-6-4-3-5-7-17/h3-13H,1-2H3,(H,22,23). The molecule has 0 fully saturated rings. The highest BCUT2D eigenvalue weighted by atomic mass is 35.5. The molecule has 1 aromatic heterocycles. The van der Waals surface area contributed by atoms with E-state index in [2.05, 4.69) is 10.3 Å². The monoisotopic (exact) mass is 351 g/mol. The van der Waals surface area contributed by atoms with E-state index in [1.165, 1.54) is 0 Å². The summed E-state index contributed by atoms with van der Waals surface area (Å²) in [6.07, 6.45) is 1.57. The lowest BCUT2D eigenvalue weighted by atomic mass is 10.2. The van der Waals surface area contributed by atoms with Crippen LogP contribution >= 0.6 is 11.6 Å². The first-order chi connectivity index (χ1) is 12.0. The number of pyridine rings is 1. The van der Waals surface area contributed by atoms with E-state index in [1.807, 2.05) is 55.5 Å². The summed E-state index contributed by atoms with van der Waals surface area (Å²) in [6.45, 7) is 1.95. The van der Waals surface area contributed by atoms with Crippen LogP contribution in [0.5, 0.6) is 0 Å². The molecule has 0 atom stereocenters. The highest BCUT2D eigenvalue weighted by Gasteiger charge is 2.13. The van der Waals surface area contributed by atoms with Crippen LogP contribution in [0.25, 0.3) is 0 Å². The van der Waals surface area contributed by atoms with Gasteiger partial charge >= 0.3 is 0 Å². The summed E-state index contributed by atoms with van der Waals surface area (Å²) < 4.78 is 0. The Morgan fingerprint density at radius 2 is 1.84 bits per heavy atom. The van der Waals surface area contributed by atoms with Gasteiger partial charge in [-0.05, 0) is 48.9 Å². The lowest BCUT2D eigenvalue weighted by molar-refractivity contribution is 0.0992. The Bertz CT molecular complexity index is 879. The number of hydrogen-bond donors (Lipinski definition) is 1. The van der Waals surface area contributed by atoms with Gasteiger partial charge in [-0.3, -0.25) is 4.79 Å². The summed E-state index contributed by atoms with van der Waals surface area (Å²) >= 11 is 6.13. The molecule has 0 unspecified atom stereocenters. The normalized spacial score (nSPS) is 10.4. The molecule has 2 aromatic carbocycles. The van der Waals surface area contributed by atoms with Crippen LogP contribution in [0, 0.1) is 6.92 Å². The third-order valence-electron chi connectivity index (χ3n) is 3.90. The second kappa shape index (κ2) is 7.36. The molecule has 0 bridgehead atoms. The van der Waals surface area contributed by atoms with Crippen LogP contribution in [0.15, 0.2) is 66.9 Å². The van der Waals surface area contributed by atoms with E-state index in [4.69, 9.17) is 11.6 Å². The van der Waals surface area contributed by atoms with Gasteiger partial charge in [0.25, 0.3) is 5.91 Å². The molecule has 3 rings (SSSR count). The Labute approximate surface area is 152 Å². The average molecular weight is 352 g/mol. The van der Waals surface area contributed by atoms with Gasteiger partial charge in [0.05, 0.1) is 5.56 Å². The number of carbonyl (C=O) groups is 1. The van der Waals surface area contributed by atoms with Gasteiger partial charge in [-0.25, -0.2) is 4.98 Å². The van der Waals surface area contributed by atoms with Crippen molar-refractivity contribution in [2.75, 3.05) is 17.3 Å². The second-order valence-electron chi connectivity index (χ2n) is 5.72. The summed E-state index contributed by atoms with van der Waals surface area (Å²) in [4.78, 5) is 18.5. The lowest BCUT2D eigenvalue weighted by Gasteiger charge is -2.17. The number of benzene rings is 2. The largest absolute Gasteiger partial charge is 0.340 e. The van der Waals surface area contributed by atoms with Crippen molar-refractivity contribution in [2.45, 2.75) is 6.92 Å². The molecule has 0 saturated heterocycles. The molecule has 126 valence electrons. The maximum absolute atomic E-state index is 12.5. The van der Waals surface area contributed by atoms with E-state index in [0.29, 0.717) is 16.4 Å². The fourth-order valence-electron chi connectivity index (χ4n) is 2.38. The van der Waals surface area contributed by atoms with Gasteiger partial charge in [0, 0.05) is 29.6 Å². The first-order valence-corrected chi connectivity index (χ1v) is 8.25. The first kappa shape index (κ1) is 17.0. The molecule has 3 aromatic rings. The fourth-order valence-corrected chi connectivity index (χ4v) is 2.56. The van der Waals surface area contributed by atoms with E-state index in [9.17, 15) is 4.79 Å². The highest BCUT2D eigenvalue weighted by Crippen LogP contribution is 2.22. The number of nitrogens with zero attached hydrogens (tertiary/aromatic N) is 2. The number of halogens is 1. The topological polar surface area (TPSA) is 45.2 Å². The van der Waals surface area contributed by atoms with Crippen LogP contribution in [-0.4, -0.2) is 17.9 Å². The molecule has 0 aliphatic heterocycles. The highest BCUT2D eigenvalue weighted by molar-refractivity contribution is 6.31. The molecular formula is C20H18ClN3O. The first-order valence-electron chi connectivity index (χ1n) is 7.87. The van der Waals surface area contributed by atoms with E-state index < -0.39 is 0 Å². The molecule has 1 N–H and O–H groups in total. The molecule has 0 saturated carbocycles. The van der Waals surface area contributed by atoms with Gasteiger partial charge < -0.3 is 10.2 Å². The number of rotatable bonds is 4. The molecular weight excluding hydrogens is 334 g/mol. The summed E-state index contributed by atoms with van der Waals surface area (Å²) in [5, 5.41) is 3.87. The number of para-hydroxylation sites is 1. The molecule has 1 amide bonds. The summed E-state index contributed by atoms with van der Waals surface area (Å²) in [5.41, 5.74) is 3.23. The summed E-state index contributed by atoms with van der Waals surface area (Å²) in [6, 6.07) is 18.8. The van der Waals surface area contributed by atoms with Crippen molar-refractivity contribution in [1.29, 1.82) is 0 Å². The zero-order valence-corrected chi connectivity index (χ0v) is 14.8. The van der Waals surface area contributed by atoms with Gasteiger partial charge in [-0.2, -0.15) is 0 Å². The van der Waals surface area contributed by atoms with Crippen LogP contribution in [0.3, 0.4) is 0 Å². The number of aryl methyl sites for hydroxylation is 1. The molecule has 25 heavy (non-hydrogen) atoms. The van der Waals surface area contributed by atoms with Gasteiger partial charge in [-0.1, -0.05) is 35.9 Å². The molecule has 1 heterocycles. The number of carbonyl (C=O) groups excluding carboxylic acids is 1. The third-order valence-corrected chi connectivity index (χ3v) is 4.31. The Balaban J connectivity index is 1.73. The lowest BCUT2D eigenvalue weighted by Crippen LogP contribution is -2.26. The molecule has 0 spiro atoms. The van der Waals surface area contributed by atoms with Crippen molar-refractivity contribution in [2.24, 2.45) is 0 Å². The van der Waals surface area contributed by atoms with Crippen molar-refractivity contribution in [3.05, 3.63) is 83.0 Å². The zero-order valence-electron chi connectivity index (χ0n) is 14.0. The fraction of sp³-hybridized carbons (Fsp3) is 0.100. The Kier molecular flexibility index (Phi) is 5.00. The molecule has 5 heteroatoms. The number of nitrogens with one attached hydrogen (secondary N) is 1. The van der Waals surface area contributed by atoms with Crippen molar-refractivity contribution < 1.29 is 4.79 Å². The predicted molar refractivity (Wildman–Crippen MR) is 103 cm³/mol. The SMILES string of the molecule is Cc1ccc(Nc2ccc(C(=O)N(C)c3ccccc3)cn2)cc1Cl. The number of hydrogen-bond acceptors (Lipinski definition) is 3. The third kappa shape index (κ3) is 3.98. The number of amides is 1. The van der Waals surface area contributed by atoms with Crippen LogP contribution in [-0.2, 0) is 0 Å². The molecule has 0 aliphatic rings. The zero-order chi connectivity index (χ0) is 17.8. The quantitative estimate of drug-likeness (QED) is 0.714. The van der Waals surface area contributed by atoms with E-state index in [-0.39, 0.29) is 5.91 Å². The average Bonchev–Trinajstić information content (AvgIpc) is 2.65. The van der Waals surface area contributed by atoms with Crippen LogP contribution < -0.4 is 10.2 Å². The Morgan fingerprint density at radius 3 is 2.48 bits per heavy atom. The second-order valence-corrected chi connectivity index (χ2v) is 6.13. The van der Waals surface area contributed by atoms with Gasteiger partial charge in [0.15, 0.2) is 0 Å². The van der Waals surface area contributed by atoms with Gasteiger partial charge in [-0.15, -0.1) is 0 Å². The molecule has 0 radical (unpaired) electrons. The van der Waals surface area contributed by atoms with Crippen LogP contribution in [0.2, 0.25) is 5.02 Å². The number of aromatic nitrogens is 1. The van der Waals surface area contributed by atoms with Crippen molar-refractivity contribution in [3.63, 3.8) is 0 Å². The van der Waals surface area contributed by atoms with Gasteiger partial charge in [0.1, 0.15) is 5.82 Å². The van der Waals surface area contributed by atoms with E-state index in [1.54, 1.807) is 30.3 Å². The molecule has 0 aliphatic carbocycles. The van der Waals surface area contributed by atoms with Gasteiger partial charge in [0.2, 0.25) is 0 Å². The van der Waals surface area contributed by atoms with Crippen LogP contribution in [0.4, 0.5) is 17.2 Å². The Hall–Kier alpha value is -2.85. The maximum Gasteiger partial charge on any atom is 0.259 e. The van der Waals surface area contributed by atoms with E-state index >= 15 is 0 Å². The Morgan fingerprint density at radius 1 is 1.08 bits per heavy atom. The van der Waals surface area contributed by atoms with Crippen molar-refractivity contribution in [3.8, 4) is 0 Å². The maximum atomic E-state index is 12.5. The molecule has 4 nitrogen and oxygen atoms in total. The minimum Gasteiger partial charge on any atom is -0.340 e. The predicted octanol–water partition coefficient (Wildman–Crippen LogP) is 5.06. The van der Waals surface area contributed by atoms with Crippen molar-refractivity contribution >= 4 is 34.7 Å². The van der Waals surface area contributed by atoms with Crippen molar-refractivity contribution in [1.82, 2.24) is 4.98 Å². The summed E-state index contributed by atoms with van der Waals surface area (Å²) in [5.74, 6) is 0.544. The summed E-state index contributed by atoms with van der Waals surface area (Å²) in [7, 11) is 1.75.